The van der Waals surface area contributed by atoms with Gasteiger partial charge in [-0.05, 0) is 66.3 Å². The lowest BCUT2D eigenvalue weighted by Crippen LogP contribution is -2.45. The fourth-order valence-electron chi connectivity index (χ4n) is 4.32. The lowest BCUT2D eigenvalue weighted by Gasteiger charge is -2.28. The van der Waals surface area contributed by atoms with E-state index < -0.39 is 35.8 Å². The quantitative estimate of drug-likeness (QED) is 0.275. The van der Waals surface area contributed by atoms with Crippen LogP contribution in [0.1, 0.15) is 61.8 Å². The average molecular weight is 549 g/mol. The van der Waals surface area contributed by atoms with Crippen LogP contribution in [-0.4, -0.2) is 57.5 Å². The summed E-state index contributed by atoms with van der Waals surface area (Å²) in [4.78, 5) is 51.6. The molecule has 0 fully saturated rings. The van der Waals surface area contributed by atoms with Crippen LogP contribution in [0.5, 0.6) is 11.5 Å². The molecule has 0 aliphatic rings. The summed E-state index contributed by atoms with van der Waals surface area (Å²) in [6.07, 6.45) is 0.232. The van der Waals surface area contributed by atoms with E-state index in [9.17, 15) is 29.4 Å². The smallest absolute Gasteiger partial charge is 0.326 e. The summed E-state index contributed by atoms with van der Waals surface area (Å²) in [5, 5.41) is 23.7. The van der Waals surface area contributed by atoms with Crippen molar-refractivity contribution in [2.24, 2.45) is 11.8 Å². The summed E-state index contributed by atoms with van der Waals surface area (Å²) in [7, 11) is 0. The monoisotopic (exact) mass is 548 g/mol. The first-order chi connectivity index (χ1) is 18.9. The Morgan fingerprint density at radius 1 is 0.825 bits per heavy atom. The normalized spacial score (nSPS) is 12.7. The van der Waals surface area contributed by atoms with E-state index in [0.717, 1.165) is 10.8 Å². The minimum Gasteiger partial charge on any atom is -0.480 e. The molecule has 0 aliphatic carbocycles. The topological polar surface area (TPSA) is 133 Å². The number of benzene rings is 3. The van der Waals surface area contributed by atoms with Crippen molar-refractivity contribution in [2.45, 2.75) is 53.1 Å². The van der Waals surface area contributed by atoms with Gasteiger partial charge >= 0.3 is 11.9 Å². The van der Waals surface area contributed by atoms with Gasteiger partial charge in [-0.25, -0.2) is 9.59 Å². The van der Waals surface area contributed by atoms with Crippen molar-refractivity contribution in [1.29, 1.82) is 0 Å². The van der Waals surface area contributed by atoms with Crippen molar-refractivity contribution < 1.29 is 34.1 Å². The van der Waals surface area contributed by atoms with Gasteiger partial charge in [-0.2, -0.15) is 0 Å². The van der Waals surface area contributed by atoms with Gasteiger partial charge in [0.05, 0.1) is 5.56 Å². The number of rotatable bonds is 12. The zero-order valence-electron chi connectivity index (χ0n) is 23.4. The number of hydrogen-bond acceptors (Lipinski definition) is 5. The predicted molar refractivity (Wildman–Crippen MR) is 152 cm³/mol. The summed E-state index contributed by atoms with van der Waals surface area (Å²) in [5.41, 5.74) is 0.180. The molecule has 212 valence electrons. The molecule has 0 spiro atoms. The van der Waals surface area contributed by atoms with Gasteiger partial charge in [0.15, 0.2) is 0 Å². The Morgan fingerprint density at radius 2 is 1.50 bits per heavy atom. The van der Waals surface area contributed by atoms with Crippen LogP contribution in [0.4, 0.5) is 0 Å². The molecule has 40 heavy (non-hydrogen) atoms. The molecule has 0 radical (unpaired) electrons. The minimum atomic E-state index is -1.15. The summed E-state index contributed by atoms with van der Waals surface area (Å²) in [6.45, 7) is 9.14. The number of nitrogens with one attached hydrogen (secondary N) is 1. The molecule has 9 heteroatoms. The maximum Gasteiger partial charge on any atom is 0.326 e. The molecule has 0 aromatic heterocycles. The lowest BCUT2D eigenvalue weighted by atomic mass is 10.0. The van der Waals surface area contributed by atoms with Crippen LogP contribution in [0.15, 0.2) is 60.7 Å². The Morgan fingerprint density at radius 3 is 2.10 bits per heavy atom. The minimum absolute atomic E-state index is 0.0121. The Labute approximate surface area is 233 Å². The van der Waals surface area contributed by atoms with Gasteiger partial charge in [-0.15, -0.1) is 0 Å². The standard InChI is InChI=1S/C31H36N2O7/c1-18(2)14-26(31(38)39)32-28(34)25-13-11-23(29(35)33(17-19(3)4)20(5)30(36)37)16-27(25)40-24-12-10-21-8-6-7-9-22(21)15-24/h6-13,15-16,18-20,26H,14,17H2,1-5H3,(H,32,34)(H,36,37)(H,38,39)/t20-,26-/m0/s1. The Hall–Kier alpha value is -4.40. The highest BCUT2D eigenvalue weighted by Gasteiger charge is 2.29. The number of amides is 2. The maximum absolute atomic E-state index is 13.5. The average Bonchev–Trinajstić information content (AvgIpc) is 2.89. The molecular weight excluding hydrogens is 512 g/mol. The van der Waals surface area contributed by atoms with Crippen molar-refractivity contribution in [3.05, 3.63) is 71.8 Å². The molecule has 3 N–H and O–H groups in total. The molecule has 0 bridgehead atoms. The van der Waals surface area contributed by atoms with Gasteiger partial charge in [-0.1, -0.05) is 58.0 Å². The Kier molecular flexibility index (Phi) is 9.87. The molecule has 0 heterocycles. The van der Waals surface area contributed by atoms with Crippen LogP contribution in [0.2, 0.25) is 0 Å². The molecule has 3 aromatic carbocycles. The van der Waals surface area contributed by atoms with Crippen LogP contribution in [0, 0.1) is 11.8 Å². The number of carbonyl (C=O) groups is 4. The third kappa shape index (κ3) is 7.59. The molecule has 0 saturated heterocycles. The van der Waals surface area contributed by atoms with Crippen LogP contribution in [0.25, 0.3) is 10.8 Å². The van der Waals surface area contributed by atoms with E-state index in [1.54, 1.807) is 12.1 Å². The van der Waals surface area contributed by atoms with Gasteiger partial charge < -0.3 is 25.2 Å². The number of carboxylic acids is 2. The number of fused-ring (bicyclic) bond motifs is 1. The SMILES string of the molecule is CC(C)C[C@H](NC(=O)c1ccc(C(=O)N(CC(C)C)[C@@H](C)C(=O)O)cc1Oc1ccc2ccccc2c1)C(=O)O. The van der Waals surface area contributed by atoms with E-state index in [-0.39, 0.29) is 41.7 Å². The van der Waals surface area contributed by atoms with E-state index in [1.807, 2.05) is 58.0 Å². The zero-order valence-corrected chi connectivity index (χ0v) is 23.4. The van der Waals surface area contributed by atoms with E-state index in [0.29, 0.717) is 5.75 Å². The molecule has 9 nitrogen and oxygen atoms in total. The van der Waals surface area contributed by atoms with Crippen LogP contribution >= 0.6 is 0 Å². The third-order valence-electron chi connectivity index (χ3n) is 6.38. The number of nitrogens with zero attached hydrogens (tertiary/aromatic N) is 1. The first kappa shape index (κ1) is 30.1. The fourth-order valence-corrected chi connectivity index (χ4v) is 4.32. The second kappa shape index (κ2) is 13.1. The van der Waals surface area contributed by atoms with Gasteiger partial charge in [0, 0.05) is 12.1 Å². The first-order valence-corrected chi connectivity index (χ1v) is 13.3. The molecule has 2 amide bonds. The Balaban J connectivity index is 2.05. The number of aliphatic carboxylic acids is 2. The lowest BCUT2D eigenvalue weighted by molar-refractivity contribution is -0.142. The van der Waals surface area contributed by atoms with Crippen molar-refractivity contribution in [2.75, 3.05) is 6.54 Å². The largest absolute Gasteiger partial charge is 0.480 e. The molecule has 0 saturated carbocycles. The highest BCUT2D eigenvalue weighted by atomic mass is 16.5. The molecule has 3 rings (SSSR count). The van der Waals surface area contributed by atoms with Crippen molar-refractivity contribution in [3.63, 3.8) is 0 Å². The maximum atomic E-state index is 13.5. The predicted octanol–water partition coefficient (Wildman–Crippen LogP) is 5.43. The number of carboxylic acid groups (broad SMARTS) is 2. The van der Waals surface area contributed by atoms with Crippen LogP contribution in [0.3, 0.4) is 0 Å². The second-order valence-electron chi connectivity index (χ2n) is 10.7. The van der Waals surface area contributed by atoms with Gasteiger partial charge in [0.25, 0.3) is 11.8 Å². The number of ether oxygens (including phenoxy) is 1. The zero-order chi connectivity index (χ0) is 29.6. The van der Waals surface area contributed by atoms with Crippen LogP contribution < -0.4 is 10.1 Å². The fraction of sp³-hybridized carbons (Fsp3) is 0.355. The molecule has 2 atom stereocenters. The molecule has 0 aliphatic heterocycles. The number of carbonyl (C=O) groups excluding carboxylic acids is 2. The van der Waals surface area contributed by atoms with Crippen molar-refractivity contribution in [3.8, 4) is 11.5 Å². The summed E-state index contributed by atoms with van der Waals surface area (Å²) in [6, 6.07) is 15.1. The van der Waals surface area contributed by atoms with Crippen molar-refractivity contribution >= 4 is 34.5 Å². The first-order valence-electron chi connectivity index (χ1n) is 13.3. The van der Waals surface area contributed by atoms with E-state index >= 15 is 0 Å². The second-order valence-corrected chi connectivity index (χ2v) is 10.7. The van der Waals surface area contributed by atoms with Crippen molar-refractivity contribution in [1.82, 2.24) is 10.2 Å². The highest BCUT2D eigenvalue weighted by Crippen LogP contribution is 2.30. The van der Waals surface area contributed by atoms with Gasteiger partial charge in [0.2, 0.25) is 0 Å². The molecule has 3 aromatic rings. The highest BCUT2D eigenvalue weighted by molar-refractivity contribution is 6.02. The summed E-state index contributed by atoms with van der Waals surface area (Å²) >= 11 is 0. The van der Waals surface area contributed by atoms with Crippen LogP contribution in [-0.2, 0) is 9.59 Å². The van der Waals surface area contributed by atoms with E-state index in [1.165, 1.54) is 30.0 Å². The van der Waals surface area contributed by atoms with Gasteiger partial charge in [0.1, 0.15) is 23.6 Å². The van der Waals surface area contributed by atoms with E-state index in [4.69, 9.17) is 4.74 Å². The Bertz CT molecular complexity index is 1400. The number of hydrogen-bond donors (Lipinski definition) is 3. The van der Waals surface area contributed by atoms with Gasteiger partial charge in [-0.3, -0.25) is 9.59 Å². The molecular formula is C31H36N2O7. The third-order valence-corrected chi connectivity index (χ3v) is 6.38. The summed E-state index contributed by atoms with van der Waals surface area (Å²) in [5.74, 6) is -2.99. The molecule has 0 unspecified atom stereocenters. The summed E-state index contributed by atoms with van der Waals surface area (Å²) < 4.78 is 6.13. The van der Waals surface area contributed by atoms with E-state index in [2.05, 4.69) is 5.32 Å².